The summed E-state index contributed by atoms with van der Waals surface area (Å²) in [4.78, 5) is 14.4. The molecule has 0 aliphatic heterocycles. The first-order chi connectivity index (χ1) is 12.7. The van der Waals surface area contributed by atoms with E-state index >= 15 is 0 Å². The number of carbonyl (C=O) groups excluding carboxylic acids is 1. The predicted octanol–water partition coefficient (Wildman–Crippen LogP) is 4.70. The highest BCUT2D eigenvalue weighted by Crippen LogP contribution is 2.33. The first kappa shape index (κ1) is 18.4. The van der Waals surface area contributed by atoms with Crippen molar-refractivity contribution in [2.45, 2.75) is 32.6 Å². The molecule has 5 heteroatoms. The van der Waals surface area contributed by atoms with E-state index in [0.717, 1.165) is 34.9 Å². The summed E-state index contributed by atoms with van der Waals surface area (Å²) < 4.78 is 5.29. The molecule has 1 heterocycles. The normalized spacial score (nSPS) is 16.8. The number of ether oxygens (including phenoxy) is 1. The summed E-state index contributed by atoms with van der Waals surface area (Å²) in [5.41, 5.74) is 4.91. The van der Waals surface area contributed by atoms with Gasteiger partial charge in [-0.05, 0) is 55.0 Å². The lowest BCUT2D eigenvalue weighted by molar-refractivity contribution is 0.0959. The van der Waals surface area contributed by atoms with Crippen molar-refractivity contribution in [3.8, 4) is 5.75 Å². The molecule has 1 atom stereocenters. The molecule has 0 fully saturated rings. The number of fused-ring (bicyclic) bond motifs is 1. The molecular formula is C21H24N2O2S. The third-order valence-corrected chi connectivity index (χ3v) is 5.96. The molecule has 0 saturated carbocycles. The van der Waals surface area contributed by atoms with Gasteiger partial charge in [0, 0.05) is 16.7 Å². The van der Waals surface area contributed by atoms with Crippen LogP contribution in [0.15, 0.2) is 41.5 Å². The van der Waals surface area contributed by atoms with E-state index in [1.165, 1.54) is 23.3 Å². The summed E-state index contributed by atoms with van der Waals surface area (Å²) >= 11 is 1.60. The summed E-state index contributed by atoms with van der Waals surface area (Å²) in [6.45, 7) is 2.24. The first-order valence-electron chi connectivity index (χ1n) is 8.96. The fourth-order valence-corrected chi connectivity index (χ4v) is 4.30. The van der Waals surface area contributed by atoms with Gasteiger partial charge in [0.05, 0.1) is 12.0 Å². The Morgan fingerprint density at radius 1 is 1.42 bits per heavy atom. The number of amides is 1. The Bertz CT molecular complexity index is 823. The highest BCUT2D eigenvalue weighted by molar-refractivity contribution is 7.14. The summed E-state index contributed by atoms with van der Waals surface area (Å²) in [5, 5.41) is 4.01. The number of benzene rings is 1. The maximum absolute atomic E-state index is 12.3. The topological polar surface area (TPSA) is 50.7 Å². The molecule has 26 heavy (non-hydrogen) atoms. The van der Waals surface area contributed by atoms with Crippen LogP contribution in [-0.2, 0) is 12.8 Å². The van der Waals surface area contributed by atoms with Crippen molar-refractivity contribution in [2.75, 3.05) is 7.11 Å². The van der Waals surface area contributed by atoms with E-state index in [0.29, 0.717) is 0 Å². The number of nitrogens with one attached hydrogen (secondary N) is 1. The fraction of sp³-hybridized carbons (Fsp3) is 0.333. The second-order valence-electron chi connectivity index (χ2n) is 6.40. The van der Waals surface area contributed by atoms with E-state index in [4.69, 9.17) is 4.74 Å². The summed E-state index contributed by atoms with van der Waals surface area (Å²) in [7, 11) is 1.64. The lowest BCUT2D eigenvalue weighted by Gasteiger charge is -2.19. The van der Waals surface area contributed by atoms with Crippen LogP contribution in [0.5, 0.6) is 5.75 Å². The number of methoxy groups -OCH3 is 1. The summed E-state index contributed by atoms with van der Waals surface area (Å²) in [6, 6.07) is 9.77. The molecule has 1 aliphatic rings. The van der Waals surface area contributed by atoms with Crippen LogP contribution in [0, 0.1) is 5.92 Å². The number of allylic oxidation sites excluding steroid dienone is 1. The van der Waals surface area contributed by atoms with Crippen LogP contribution < -0.4 is 10.2 Å². The molecule has 1 aromatic heterocycles. The monoisotopic (exact) mass is 368 g/mol. The van der Waals surface area contributed by atoms with Gasteiger partial charge in [-0.1, -0.05) is 31.5 Å². The lowest BCUT2D eigenvalue weighted by Crippen LogP contribution is -2.15. The van der Waals surface area contributed by atoms with Crippen LogP contribution in [0.25, 0.3) is 6.08 Å². The van der Waals surface area contributed by atoms with Gasteiger partial charge in [-0.2, -0.15) is 5.10 Å². The van der Waals surface area contributed by atoms with Crippen LogP contribution in [0.4, 0.5) is 0 Å². The van der Waals surface area contributed by atoms with E-state index in [-0.39, 0.29) is 5.91 Å². The van der Waals surface area contributed by atoms with Gasteiger partial charge in [-0.3, -0.25) is 4.79 Å². The molecule has 136 valence electrons. The minimum atomic E-state index is -0.139. The molecule has 0 bridgehead atoms. The van der Waals surface area contributed by atoms with Gasteiger partial charge in [0.2, 0.25) is 0 Å². The maximum Gasteiger partial charge on any atom is 0.281 e. The highest BCUT2D eigenvalue weighted by Gasteiger charge is 2.21. The number of hydrogen-bond acceptors (Lipinski definition) is 4. The zero-order valence-electron chi connectivity index (χ0n) is 15.2. The van der Waals surface area contributed by atoms with Crippen LogP contribution in [0.2, 0.25) is 0 Å². The Labute approximate surface area is 158 Å². The summed E-state index contributed by atoms with van der Waals surface area (Å²) in [6.07, 6.45) is 9.88. The second-order valence-corrected chi connectivity index (χ2v) is 7.53. The molecule has 0 saturated heterocycles. The first-order valence-corrected chi connectivity index (χ1v) is 9.77. The van der Waals surface area contributed by atoms with Gasteiger partial charge in [0.1, 0.15) is 5.75 Å². The number of thiophene rings is 1. The molecule has 1 aromatic carbocycles. The molecule has 1 N–H and O–H groups in total. The Balaban J connectivity index is 1.57. The average molecular weight is 369 g/mol. The van der Waals surface area contributed by atoms with Crippen LogP contribution >= 0.6 is 11.3 Å². The number of rotatable bonds is 6. The van der Waals surface area contributed by atoms with Crippen LogP contribution in [0.1, 0.15) is 45.4 Å². The van der Waals surface area contributed by atoms with E-state index in [1.54, 1.807) is 30.7 Å². The van der Waals surface area contributed by atoms with Crippen molar-refractivity contribution in [1.82, 2.24) is 5.43 Å². The van der Waals surface area contributed by atoms with Crippen molar-refractivity contribution < 1.29 is 9.53 Å². The van der Waals surface area contributed by atoms with Crippen molar-refractivity contribution in [3.05, 3.63) is 57.3 Å². The molecule has 1 aliphatic carbocycles. The lowest BCUT2D eigenvalue weighted by atomic mass is 9.87. The highest BCUT2D eigenvalue weighted by atomic mass is 32.1. The minimum Gasteiger partial charge on any atom is -0.496 e. The Morgan fingerprint density at radius 3 is 3.08 bits per heavy atom. The Kier molecular flexibility index (Phi) is 6.23. The Hall–Kier alpha value is -2.40. The zero-order chi connectivity index (χ0) is 18.4. The van der Waals surface area contributed by atoms with E-state index in [2.05, 4.69) is 17.5 Å². The number of hydrogen-bond donors (Lipinski definition) is 1. The molecule has 1 amide bonds. The predicted molar refractivity (Wildman–Crippen MR) is 108 cm³/mol. The van der Waals surface area contributed by atoms with E-state index in [1.807, 2.05) is 36.4 Å². The van der Waals surface area contributed by atoms with Gasteiger partial charge in [0.15, 0.2) is 0 Å². The van der Waals surface area contributed by atoms with E-state index < -0.39 is 0 Å². The van der Waals surface area contributed by atoms with E-state index in [9.17, 15) is 4.79 Å². The van der Waals surface area contributed by atoms with Gasteiger partial charge >= 0.3 is 0 Å². The van der Waals surface area contributed by atoms with Gasteiger partial charge in [0.25, 0.3) is 5.91 Å². The molecule has 2 aromatic rings. The van der Waals surface area contributed by atoms with Gasteiger partial charge in [-0.15, -0.1) is 11.3 Å². The molecule has 4 nitrogen and oxygen atoms in total. The fourth-order valence-electron chi connectivity index (χ4n) is 3.20. The molecule has 0 radical (unpaired) electrons. The molecule has 0 spiro atoms. The number of para-hydroxylation sites is 1. The number of hydrazone groups is 1. The van der Waals surface area contributed by atoms with Crippen molar-refractivity contribution >= 4 is 29.5 Å². The molecule has 3 rings (SSSR count). The third-order valence-electron chi connectivity index (χ3n) is 4.73. The van der Waals surface area contributed by atoms with Crippen molar-refractivity contribution in [1.29, 1.82) is 0 Å². The standard InChI is InChI=1S/C21H24N2O2S/c1-3-15-10-11-19-17(13-15)14-20(26-19)21(24)23-22-12-6-8-16-7-4-5-9-18(16)25-2/h4-9,12,14-15H,3,10-11,13H2,1-2H3,(H,23,24)/b8-6+,22-12-/t15-/m1/s1. The smallest absolute Gasteiger partial charge is 0.281 e. The molecule has 0 unspecified atom stereocenters. The molecular weight excluding hydrogens is 344 g/mol. The van der Waals surface area contributed by atoms with Gasteiger partial charge in [-0.25, -0.2) is 5.43 Å². The van der Waals surface area contributed by atoms with Crippen LogP contribution in [0.3, 0.4) is 0 Å². The SMILES string of the molecule is CC[C@@H]1CCc2sc(C(=O)N/N=C\C=C\c3ccccc3OC)cc2C1. The quantitative estimate of drug-likeness (QED) is 0.593. The van der Waals surface area contributed by atoms with Gasteiger partial charge < -0.3 is 4.74 Å². The maximum atomic E-state index is 12.3. The number of carbonyl (C=O) groups is 1. The van der Waals surface area contributed by atoms with Crippen molar-refractivity contribution in [3.63, 3.8) is 0 Å². The second kappa shape index (κ2) is 8.81. The van der Waals surface area contributed by atoms with Crippen molar-refractivity contribution in [2.24, 2.45) is 11.0 Å². The van der Waals surface area contributed by atoms with Crippen LogP contribution in [-0.4, -0.2) is 19.2 Å². The minimum absolute atomic E-state index is 0.139. The number of aryl methyl sites for hydroxylation is 1. The Morgan fingerprint density at radius 2 is 2.27 bits per heavy atom. The number of nitrogens with zero attached hydrogens (tertiary/aromatic N) is 1. The third kappa shape index (κ3) is 4.41. The largest absolute Gasteiger partial charge is 0.496 e. The summed E-state index contributed by atoms with van der Waals surface area (Å²) in [5.74, 6) is 1.42. The average Bonchev–Trinajstić information content (AvgIpc) is 3.11. The zero-order valence-corrected chi connectivity index (χ0v) is 16.0.